The van der Waals surface area contributed by atoms with Crippen molar-refractivity contribution in [3.8, 4) is 11.4 Å². The van der Waals surface area contributed by atoms with Crippen molar-refractivity contribution >= 4 is 50.6 Å². The first-order valence-electron chi connectivity index (χ1n) is 7.29. The lowest BCUT2D eigenvalue weighted by atomic mass is 10.2. The van der Waals surface area contributed by atoms with Gasteiger partial charge in [0, 0.05) is 33.7 Å². The molecule has 5 nitrogen and oxygen atoms in total. The van der Waals surface area contributed by atoms with E-state index >= 15 is 0 Å². The molecule has 0 aliphatic rings. The average molecular weight is 510 g/mol. The molecule has 3 rings (SSSR count). The molecule has 3 aromatic rings. The number of halogens is 2. The van der Waals surface area contributed by atoms with Gasteiger partial charge in [-0.2, -0.15) is 5.10 Å². The highest BCUT2D eigenvalue weighted by molar-refractivity contribution is 14.1. The van der Waals surface area contributed by atoms with Crippen LogP contribution >= 0.6 is 38.5 Å². The van der Waals surface area contributed by atoms with Crippen LogP contribution in [0.1, 0.15) is 15.9 Å². The molecule has 0 saturated carbocycles. The minimum Gasteiger partial charge on any atom is -0.506 e. The third-order valence-corrected chi connectivity index (χ3v) is 4.74. The number of carbonyl (C=O) groups excluding carboxylic acids is 1. The molecule has 0 aliphatic carbocycles. The van der Waals surface area contributed by atoms with Crippen molar-refractivity contribution in [2.75, 3.05) is 0 Å². The molecule has 25 heavy (non-hydrogen) atoms. The number of aromatic nitrogens is 1. The Morgan fingerprint density at radius 2 is 1.88 bits per heavy atom. The van der Waals surface area contributed by atoms with Gasteiger partial charge in [0.1, 0.15) is 5.75 Å². The van der Waals surface area contributed by atoms with E-state index in [4.69, 9.17) is 0 Å². The number of hydrogen-bond acceptors (Lipinski definition) is 3. The molecule has 126 valence electrons. The van der Waals surface area contributed by atoms with Crippen LogP contribution in [0, 0.1) is 3.57 Å². The van der Waals surface area contributed by atoms with Crippen LogP contribution in [0.15, 0.2) is 70.5 Å². The molecule has 0 unspecified atom stereocenters. The lowest BCUT2D eigenvalue weighted by Crippen LogP contribution is -2.17. The van der Waals surface area contributed by atoms with Crippen molar-refractivity contribution in [3.05, 3.63) is 80.1 Å². The van der Waals surface area contributed by atoms with Crippen LogP contribution in [0.5, 0.6) is 5.75 Å². The molecule has 0 aliphatic heterocycles. The van der Waals surface area contributed by atoms with Gasteiger partial charge in [-0.25, -0.2) is 5.43 Å². The Kier molecular flexibility index (Phi) is 5.54. The minimum atomic E-state index is -0.320. The van der Waals surface area contributed by atoms with Crippen LogP contribution < -0.4 is 5.43 Å². The molecule has 0 radical (unpaired) electrons. The number of rotatable bonds is 4. The van der Waals surface area contributed by atoms with Crippen molar-refractivity contribution < 1.29 is 9.90 Å². The second-order valence-corrected chi connectivity index (χ2v) is 7.24. The monoisotopic (exact) mass is 509 g/mol. The van der Waals surface area contributed by atoms with Gasteiger partial charge in [-0.1, -0.05) is 15.9 Å². The number of benzene rings is 2. The molecule has 7 heteroatoms. The molecule has 1 aromatic heterocycles. The number of aromatic hydroxyl groups is 1. The normalized spacial score (nSPS) is 11.0. The summed E-state index contributed by atoms with van der Waals surface area (Å²) in [5.74, 6) is -0.197. The van der Waals surface area contributed by atoms with Crippen molar-refractivity contribution in [1.82, 2.24) is 9.99 Å². The summed E-state index contributed by atoms with van der Waals surface area (Å²) >= 11 is 5.39. The highest BCUT2D eigenvalue weighted by Crippen LogP contribution is 2.27. The molecule has 2 N–H and O–H groups in total. The lowest BCUT2D eigenvalue weighted by Gasteiger charge is -2.05. The van der Waals surface area contributed by atoms with Crippen LogP contribution in [0.25, 0.3) is 5.69 Å². The van der Waals surface area contributed by atoms with Crippen molar-refractivity contribution in [2.24, 2.45) is 5.10 Å². The van der Waals surface area contributed by atoms with Crippen molar-refractivity contribution in [3.63, 3.8) is 0 Å². The van der Waals surface area contributed by atoms with E-state index in [0.717, 1.165) is 10.2 Å². The van der Waals surface area contributed by atoms with Gasteiger partial charge in [0.25, 0.3) is 5.91 Å². The maximum absolute atomic E-state index is 12.1. The van der Waals surface area contributed by atoms with Crippen LogP contribution in [0.3, 0.4) is 0 Å². The summed E-state index contributed by atoms with van der Waals surface area (Å²) in [5, 5.41) is 13.9. The standard InChI is InChI=1S/C18H13BrIN3O2/c19-14-9-13(17(24)16(20)10-14)11-21-22-18(25)12-3-5-15(6-4-12)23-7-1-2-8-23/h1-11,24H,(H,22,25)/b21-11+. The highest BCUT2D eigenvalue weighted by atomic mass is 127. The lowest BCUT2D eigenvalue weighted by molar-refractivity contribution is 0.0955. The molecule has 0 fully saturated rings. The first-order chi connectivity index (χ1) is 12.0. The van der Waals surface area contributed by atoms with Gasteiger partial charge in [-0.15, -0.1) is 0 Å². The molecular weight excluding hydrogens is 497 g/mol. The van der Waals surface area contributed by atoms with E-state index in [1.807, 2.05) is 63.8 Å². The Morgan fingerprint density at radius 1 is 1.20 bits per heavy atom. The Labute approximate surface area is 166 Å². The van der Waals surface area contributed by atoms with Gasteiger partial charge in [0.05, 0.1) is 9.78 Å². The number of hydrogen-bond donors (Lipinski definition) is 2. The Balaban J connectivity index is 1.68. The number of nitrogens with one attached hydrogen (secondary N) is 1. The molecule has 1 amide bonds. The first-order valence-corrected chi connectivity index (χ1v) is 9.16. The minimum absolute atomic E-state index is 0.123. The topological polar surface area (TPSA) is 66.6 Å². The molecule has 1 heterocycles. The van der Waals surface area contributed by atoms with E-state index in [1.165, 1.54) is 6.21 Å². The summed E-state index contributed by atoms with van der Waals surface area (Å²) in [4.78, 5) is 12.1. The maximum Gasteiger partial charge on any atom is 0.271 e. The number of phenolic OH excluding ortho intramolecular Hbond substituents is 1. The van der Waals surface area contributed by atoms with E-state index in [2.05, 4.69) is 26.5 Å². The van der Waals surface area contributed by atoms with Crippen LogP contribution in [0.2, 0.25) is 0 Å². The number of hydrazone groups is 1. The summed E-state index contributed by atoms with van der Waals surface area (Å²) in [7, 11) is 0. The molecule has 0 spiro atoms. The number of phenols is 1. The highest BCUT2D eigenvalue weighted by Gasteiger charge is 2.07. The zero-order valence-corrected chi connectivity index (χ0v) is 16.6. The average Bonchev–Trinajstić information content (AvgIpc) is 3.13. The predicted octanol–water partition coefficient (Wildman–Crippen LogP) is 4.31. The number of carbonyl (C=O) groups is 1. The Morgan fingerprint density at radius 3 is 2.56 bits per heavy atom. The van der Waals surface area contributed by atoms with Crippen LogP contribution in [0.4, 0.5) is 0 Å². The van der Waals surface area contributed by atoms with Gasteiger partial charge < -0.3 is 9.67 Å². The third-order valence-electron chi connectivity index (χ3n) is 3.46. The van der Waals surface area contributed by atoms with Gasteiger partial charge in [-0.05, 0) is 71.1 Å². The molecule has 0 atom stereocenters. The number of nitrogens with zero attached hydrogens (tertiary/aromatic N) is 2. The summed E-state index contributed by atoms with van der Waals surface area (Å²) in [6.45, 7) is 0. The van der Waals surface area contributed by atoms with E-state index in [0.29, 0.717) is 14.7 Å². The second-order valence-electron chi connectivity index (χ2n) is 5.16. The fourth-order valence-corrected chi connectivity index (χ4v) is 3.75. The Bertz CT molecular complexity index is 922. The SMILES string of the molecule is O=C(N/N=C/c1cc(Br)cc(I)c1O)c1ccc(-n2cccc2)cc1. The molecule has 0 bridgehead atoms. The molecule has 0 saturated heterocycles. The van der Waals surface area contributed by atoms with Crippen LogP contribution in [-0.4, -0.2) is 21.8 Å². The number of amides is 1. The van der Waals surface area contributed by atoms with E-state index < -0.39 is 0 Å². The summed E-state index contributed by atoms with van der Waals surface area (Å²) < 4.78 is 3.47. The van der Waals surface area contributed by atoms with E-state index in [1.54, 1.807) is 24.3 Å². The van der Waals surface area contributed by atoms with Crippen molar-refractivity contribution in [1.29, 1.82) is 0 Å². The van der Waals surface area contributed by atoms with E-state index in [9.17, 15) is 9.90 Å². The molecule has 2 aromatic carbocycles. The summed E-state index contributed by atoms with van der Waals surface area (Å²) in [6.07, 6.45) is 5.28. The molecular formula is C18H13BrIN3O2. The summed E-state index contributed by atoms with van der Waals surface area (Å²) in [6, 6.07) is 14.6. The smallest absolute Gasteiger partial charge is 0.271 e. The quantitative estimate of drug-likeness (QED) is 0.312. The fraction of sp³-hybridized carbons (Fsp3) is 0. The second kappa shape index (κ2) is 7.83. The van der Waals surface area contributed by atoms with Crippen molar-refractivity contribution in [2.45, 2.75) is 0 Å². The largest absolute Gasteiger partial charge is 0.506 e. The summed E-state index contributed by atoms with van der Waals surface area (Å²) in [5.41, 5.74) is 4.45. The predicted molar refractivity (Wildman–Crippen MR) is 109 cm³/mol. The zero-order chi connectivity index (χ0) is 17.8. The third kappa shape index (κ3) is 4.29. The maximum atomic E-state index is 12.1. The first kappa shape index (κ1) is 17.7. The van der Waals surface area contributed by atoms with Gasteiger partial charge in [-0.3, -0.25) is 4.79 Å². The Hall–Kier alpha value is -2.13. The zero-order valence-electron chi connectivity index (χ0n) is 12.9. The fourth-order valence-electron chi connectivity index (χ4n) is 2.20. The van der Waals surface area contributed by atoms with E-state index in [-0.39, 0.29) is 11.7 Å². The van der Waals surface area contributed by atoms with Gasteiger partial charge >= 0.3 is 0 Å². The van der Waals surface area contributed by atoms with Gasteiger partial charge in [0.15, 0.2) is 0 Å². The van der Waals surface area contributed by atoms with Gasteiger partial charge in [0.2, 0.25) is 0 Å². The van der Waals surface area contributed by atoms with Crippen LogP contribution in [-0.2, 0) is 0 Å².